The van der Waals surface area contributed by atoms with Crippen LogP contribution in [0.3, 0.4) is 0 Å². The van der Waals surface area contributed by atoms with Crippen LogP contribution in [0.15, 0.2) is 48.5 Å². The monoisotopic (exact) mass is 311 g/mol. The molecular weight excluding hydrogens is 298 g/mol. The van der Waals surface area contributed by atoms with Gasteiger partial charge in [-0.25, -0.2) is 4.68 Å². The molecule has 0 bridgehead atoms. The minimum absolute atomic E-state index is 0.114. The van der Waals surface area contributed by atoms with Crippen LogP contribution in [-0.2, 0) is 0 Å². The average Bonchev–Trinajstić information content (AvgIpc) is 2.93. The second-order valence-corrected chi connectivity index (χ2v) is 5.49. The Morgan fingerprint density at radius 2 is 1.86 bits per heavy atom. The molecule has 0 atom stereocenters. The van der Waals surface area contributed by atoms with Crippen LogP contribution in [0.1, 0.15) is 23.0 Å². The highest BCUT2D eigenvalue weighted by atomic mass is 35.5. The van der Waals surface area contributed by atoms with Crippen molar-refractivity contribution in [3.63, 3.8) is 0 Å². The molecule has 0 spiro atoms. The number of Topliss-reactive ketones (excluding diaryl/α,β-unsaturated/α-hetero) is 1. The van der Waals surface area contributed by atoms with Gasteiger partial charge in [-0.3, -0.25) is 4.79 Å². The highest BCUT2D eigenvalue weighted by molar-refractivity contribution is 6.30. The van der Waals surface area contributed by atoms with Crippen molar-refractivity contribution in [2.24, 2.45) is 0 Å². The van der Waals surface area contributed by atoms with Gasteiger partial charge in [0, 0.05) is 17.5 Å². The maximum absolute atomic E-state index is 11.9. The molecule has 0 N–H and O–H groups in total. The number of nitrogens with zero attached hydrogens (tertiary/aromatic N) is 3. The number of benzene rings is 2. The number of rotatable bonds is 3. The van der Waals surface area contributed by atoms with Crippen molar-refractivity contribution >= 4 is 17.4 Å². The van der Waals surface area contributed by atoms with Crippen LogP contribution in [-0.4, -0.2) is 20.8 Å². The molecule has 0 fully saturated rings. The van der Waals surface area contributed by atoms with Crippen molar-refractivity contribution in [1.29, 1.82) is 0 Å². The van der Waals surface area contributed by atoms with Crippen LogP contribution in [0.25, 0.3) is 16.9 Å². The predicted molar refractivity (Wildman–Crippen MR) is 86.5 cm³/mol. The molecular formula is C17H14ClN3O. The van der Waals surface area contributed by atoms with Crippen molar-refractivity contribution in [1.82, 2.24) is 15.0 Å². The molecule has 0 amide bonds. The fraction of sp³-hybridized carbons (Fsp3) is 0.118. The largest absolute Gasteiger partial charge is 0.293 e. The van der Waals surface area contributed by atoms with Crippen LogP contribution in [0.2, 0.25) is 5.02 Å². The van der Waals surface area contributed by atoms with Crippen molar-refractivity contribution in [2.45, 2.75) is 13.8 Å². The van der Waals surface area contributed by atoms with E-state index in [9.17, 15) is 4.79 Å². The van der Waals surface area contributed by atoms with Gasteiger partial charge in [0.2, 0.25) is 0 Å². The second-order valence-electron chi connectivity index (χ2n) is 5.05. The van der Waals surface area contributed by atoms with Gasteiger partial charge < -0.3 is 0 Å². The van der Waals surface area contributed by atoms with Crippen molar-refractivity contribution in [3.8, 4) is 16.9 Å². The van der Waals surface area contributed by atoms with Crippen LogP contribution in [0, 0.1) is 6.92 Å². The van der Waals surface area contributed by atoms with Gasteiger partial charge >= 0.3 is 0 Å². The topological polar surface area (TPSA) is 47.8 Å². The standard InChI is InChI=1S/C17H14ClN3O/c1-11-10-14(18)8-9-15(11)21-17(13-6-4-3-5-7-13)16(12(2)22)19-20-21/h3-10H,1-2H3. The quantitative estimate of drug-likeness (QED) is 0.684. The molecule has 1 heterocycles. The number of ketones is 1. The fourth-order valence-corrected chi connectivity index (χ4v) is 2.63. The van der Waals surface area contributed by atoms with E-state index in [0.29, 0.717) is 16.4 Å². The van der Waals surface area contributed by atoms with Crippen molar-refractivity contribution in [2.75, 3.05) is 0 Å². The zero-order chi connectivity index (χ0) is 15.7. The molecule has 3 rings (SSSR count). The Bertz CT molecular complexity index is 840. The normalized spacial score (nSPS) is 10.7. The van der Waals surface area contributed by atoms with Gasteiger partial charge in [0.15, 0.2) is 11.5 Å². The van der Waals surface area contributed by atoms with Gasteiger partial charge in [-0.05, 0) is 30.7 Å². The summed E-state index contributed by atoms with van der Waals surface area (Å²) in [5.74, 6) is -0.114. The molecule has 3 aromatic rings. The smallest absolute Gasteiger partial charge is 0.182 e. The van der Waals surface area contributed by atoms with Crippen molar-refractivity contribution in [3.05, 3.63) is 64.8 Å². The molecule has 0 saturated carbocycles. The Labute approximate surface area is 133 Å². The van der Waals surface area contributed by atoms with Gasteiger partial charge in [-0.15, -0.1) is 5.10 Å². The number of hydrogen-bond acceptors (Lipinski definition) is 3. The Hall–Kier alpha value is -2.46. The summed E-state index contributed by atoms with van der Waals surface area (Å²) in [5, 5.41) is 8.90. The van der Waals surface area contributed by atoms with Crippen LogP contribution >= 0.6 is 11.6 Å². The molecule has 0 aliphatic rings. The molecule has 0 saturated heterocycles. The van der Waals surface area contributed by atoms with Gasteiger partial charge in [0.25, 0.3) is 0 Å². The van der Waals surface area contributed by atoms with E-state index in [1.165, 1.54) is 6.92 Å². The lowest BCUT2D eigenvalue weighted by Crippen LogP contribution is -2.03. The summed E-state index contributed by atoms with van der Waals surface area (Å²) in [6.45, 7) is 3.45. The van der Waals surface area contributed by atoms with Gasteiger partial charge in [0.1, 0.15) is 5.69 Å². The number of carbonyl (C=O) groups excluding carboxylic acids is 1. The Kier molecular flexibility index (Phi) is 3.77. The predicted octanol–water partition coefficient (Wildman–Crippen LogP) is 4.10. The first-order valence-electron chi connectivity index (χ1n) is 6.86. The molecule has 0 radical (unpaired) electrons. The first-order valence-corrected chi connectivity index (χ1v) is 7.24. The van der Waals surface area contributed by atoms with Gasteiger partial charge in [0.05, 0.1) is 5.69 Å². The van der Waals surface area contributed by atoms with E-state index in [1.807, 2.05) is 49.4 Å². The molecule has 2 aromatic carbocycles. The lowest BCUT2D eigenvalue weighted by atomic mass is 10.1. The summed E-state index contributed by atoms with van der Waals surface area (Å²) in [4.78, 5) is 11.9. The first kappa shape index (κ1) is 14.5. The van der Waals surface area contributed by atoms with E-state index in [2.05, 4.69) is 10.3 Å². The molecule has 0 aliphatic carbocycles. The summed E-state index contributed by atoms with van der Waals surface area (Å²) in [6, 6.07) is 15.2. The lowest BCUT2D eigenvalue weighted by molar-refractivity contribution is 0.101. The average molecular weight is 312 g/mol. The maximum Gasteiger partial charge on any atom is 0.182 e. The number of aromatic nitrogens is 3. The Balaban J connectivity index is 2.27. The van der Waals surface area contributed by atoms with E-state index >= 15 is 0 Å². The molecule has 5 heteroatoms. The highest BCUT2D eigenvalue weighted by Gasteiger charge is 2.20. The number of halogens is 1. The zero-order valence-corrected chi connectivity index (χ0v) is 13.0. The van der Waals surface area contributed by atoms with Gasteiger partial charge in [-0.2, -0.15) is 0 Å². The SMILES string of the molecule is CC(=O)c1nnn(-c2ccc(Cl)cc2C)c1-c1ccccc1. The third-order valence-electron chi connectivity index (χ3n) is 3.44. The Morgan fingerprint density at radius 1 is 1.14 bits per heavy atom. The summed E-state index contributed by atoms with van der Waals surface area (Å²) in [6.07, 6.45) is 0. The third kappa shape index (κ3) is 2.53. The molecule has 0 aliphatic heterocycles. The number of hydrogen-bond donors (Lipinski definition) is 0. The van der Waals surface area contributed by atoms with E-state index in [-0.39, 0.29) is 5.78 Å². The van der Waals surface area contributed by atoms with E-state index in [1.54, 1.807) is 10.7 Å². The summed E-state index contributed by atoms with van der Waals surface area (Å²) in [7, 11) is 0. The van der Waals surface area contributed by atoms with Gasteiger partial charge in [-0.1, -0.05) is 47.1 Å². The fourth-order valence-electron chi connectivity index (χ4n) is 2.40. The van der Waals surface area contributed by atoms with E-state index in [0.717, 1.165) is 16.8 Å². The summed E-state index contributed by atoms with van der Waals surface area (Å²) < 4.78 is 1.69. The number of carbonyl (C=O) groups is 1. The minimum atomic E-state index is -0.114. The van der Waals surface area contributed by atoms with E-state index in [4.69, 9.17) is 11.6 Å². The second kappa shape index (κ2) is 5.73. The number of aryl methyl sites for hydroxylation is 1. The minimum Gasteiger partial charge on any atom is -0.293 e. The molecule has 0 unspecified atom stereocenters. The Morgan fingerprint density at radius 3 is 2.50 bits per heavy atom. The molecule has 4 nitrogen and oxygen atoms in total. The maximum atomic E-state index is 11.9. The molecule has 110 valence electrons. The summed E-state index contributed by atoms with van der Waals surface area (Å²) in [5.41, 5.74) is 3.76. The van der Waals surface area contributed by atoms with E-state index < -0.39 is 0 Å². The van der Waals surface area contributed by atoms with Crippen molar-refractivity contribution < 1.29 is 4.79 Å². The zero-order valence-electron chi connectivity index (χ0n) is 12.2. The summed E-state index contributed by atoms with van der Waals surface area (Å²) >= 11 is 6.02. The third-order valence-corrected chi connectivity index (χ3v) is 3.67. The van der Waals surface area contributed by atoms with Crippen LogP contribution < -0.4 is 0 Å². The molecule has 1 aromatic heterocycles. The van der Waals surface area contributed by atoms with Crippen LogP contribution in [0.4, 0.5) is 0 Å². The molecule has 22 heavy (non-hydrogen) atoms. The first-order chi connectivity index (χ1) is 10.6. The highest BCUT2D eigenvalue weighted by Crippen LogP contribution is 2.27. The lowest BCUT2D eigenvalue weighted by Gasteiger charge is -2.10. The van der Waals surface area contributed by atoms with Crippen LogP contribution in [0.5, 0.6) is 0 Å².